The third kappa shape index (κ3) is 4.80. The molecule has 156 valence electrons. The Hall–Kier alpha value is -2.78. The van der Waals surface area contributed by atoms with E-state index in [4.69, 9.17) is 0 Å². The highest BCUT2D eigenvalue weighted by Gasteiger charge is 2.25. The van der Waals surface area contributed by atoms with Gasteiger partial charge in [0.25, 0.3) is 11.8 Å². The molecule has 2 aromatic rings. The first-order chi connectivity index (χ1) is 13.6. The molecule has 0 heterocycles. The number of anilines is 1. The molecule has 9 heteroatoms. The van der Waals surface area contributed by atoms with Gasteiger partial charge in [-0.05, 0) is 30.3 Å². The third-order valence-electron chi connectivity index (χ3n) is 4.34. The highest BCUT2D eigenvalue weighted by molar-refractivity contribution is 7.89. The Balaban J connectivity index is 2.42. The Bertz CT molecular complexity index is 1020. The summed E-state index contributed by atoms with van der Waals surface area (Å²) in [5.41, 5.74) is 0.0103. The molecule has 0 radical (unpaired) electrons. The zero-order valence-electron chi connectivity index (χ0n) is 16.8. The number of amides is 2. The molecule has 0 fully saturated rings. The smallest absolute Gasteiger partial charge is 0.258 e. The summed E-state index contributed by atoms with van der Waals surface area (Å²) in [7, 11) is -0.711. The van der Waals surface area contributed by atoms with Crippen molar-refractivity contribution in [2.75, 3.05) is 32.5 Å². The summed E-state index contributed by atoms with van der Waals surface area (Å²) in [5, 5.41) is 2.50. The molecule has 0 saturated heterocycles. The molecule has 0 aromatic heterocycles. The van der Waals surface area contributed by atoms with Crippen LogP contribution in [-0.4, -0.2) is 56.6 Å². The lowest BCUT2D eigenvalue weighted by atomic mass is 10.1. The molecule has 0 bridgehead atoms. The number of benzene rings is 2. The van der Waals surface area contributed by atoms with Gasteiger partial charge in [-0.2, -0.15) is 4.31 Å². The van der Waals surface area contributed by atoms with Gasteiger partial charge in [0.15, 0.2) is 0 Å². The van der Waals surface area contributed by atoms with Crippen molar-refractivity contribution < 1.29 is 22.4 Å². The molecule has 0 spiro atoms. The Morgan fingerprint density at radius 3 is 2.21 bits per heavy atom. The fourth-order valence-corrected chi connectivity index (χ4v) is 4.25. The van der Waals surface area contributed by atoms with Crippen molar-refractivity contribution in [1.82, 2.24) is 9.21 Å². The number of halogens is 1. The first-order valence-corrected chi connectivity index (χ1v) is 10.5. The van der Waals surface area contributed by atoms with E-state index in [1.807, 2.05) is 0 Å². The maximum atomic E-state index is 14.3. The van der Waals surface area contributed by atoms with Gasteiger partial charge in [0, 0.05) is 27.2 Å². The number of nitrogens with zero attached hydrogens (tertiary/aromatic N) is 2. The van der Waals surface area contributed by atoms with Gasteiger partial charge in [0.1, 0.15) is 5.82 Å². The minimum atomic E-state index is -3.85. The Morgan fingerprint density at radius 2 is 1.62 bits per heavy atom. The molecule has 7 nitrogen and oxygen atoms in total. The van der Waals surface area contributed by atoms with Gasteiger partial charge in [-0.3, -0.25) is 9.59 Å². The molecule has 2 rings (SSSR count). The Morgan fingerprint density at radius 1 is 1.00 bits per heavy atom. The molecule has 1 N–H and O–H groups in total. The number of sulfonamides is 1. The number of nitrogens with one attached hydrogen (secondary N) is 1. The molecule has 2 amide bonds. The molecule has 29 heavy (non-hydrogen) atoms. The van der Waals surface area contributed by atoms with Crippen LogP contribution in [-0.2, 0) is 10.0 Å². The normalized spacial score (nSPS) is 11.4. The maximum Gasteiger partial charge on any atom is 0.258 e. The van der Waals surface area contributed by atoms with Crippen molar-refractivity contribution in [2.24, 2.45) is 0 Å². The molecular formula is C20H24FN3O4S. The van der Waals surface area contributed by atoms with E-state index >= 15 is 0 Å². The van der Waals surface area contributed by atoms with Crippen molar-refractivity contribution in [3.05, 3.63) is 59.4 Å². The van der Waals surface area contributed by atoms with E-state index in [-0.39, 0.29) is 35.1 Å². The third-order valence-corrected chi connectivity index (χ3v) is 6.38. The fraction of sp³-hybridized carbons (Fsp3) is 0.300. The Kier molecular flexibility index (Phi) is 7.10. The minimum absolute atomic E-state index is 0.176. The number of hydrogen-bond donors (Lipinski definition) is 1. The predicted molar refractivity (Wildman–Crippen MR) is 109 cm³/mol. The molecule has 0 unspecified atom stereocenters. The standard InChI is InChI=1S/C20H24FN3O4S/c1-5-24(6-2)29(27,28)14-11-12-17(21)16(13-14)19(25)22-18-10-8-7-9-15(18)20(26)23(3)4/h7-13H,5-6H2,1-4H3,(H,22,25). The summed E-state index contributed by atoms with van der Waals surface area (Å²) in [4.78, 5) is 26.2. The maximum absolute atomic E-state index is 14.3. The van der Waals surface area contributed by atoms with Crippen LogP contribution in [0.1, 0.15) is 34.6 Å². The molecule has 0 saturated carbocycles. The molecule has 0 aliphatic heterocycles. The predicted octanol–water partition coefficient (Wildman–Crippen LogP) is 2.81. The SMILES string of the molecule is CCN(CC)S(=O)(=O)c1ccc(F)c(C(=O)Nc2ccccc2C(=O)N(C)C)c1. The van der Waals surface area contributed by atoms with Crippen LogP contribution in [0.15, 0.2) is 47.4 Å². The van der Waals surface area contributed by atoms with Crippen LogP contribution >= 0.6 is 0 Å². The van der Waals surface area contributed by atoms with Crippen LogP contribution in [0.5, 0.6) is 0 Å². The quantitative estimate of drug-likeness (QED) is 0.745. The monoisotopic (exact) mass is 421 g/mol. The Labute approximate surface area is 170 Å². The van der Waals surface area contributed by atoms with Gasteiger partial charge in [-0.25, -0.2) is 12.8 Å². The van der Waals surface area contributed by atoms with Crippen molar-refractivity contribution >= 4 is 27.5 Å². The fourth-order valence-electron chi connectivity index (χ4n) is 2.76. The average molecular weight is 421 g/mol. The largest absolute Gasteiger partial charge is 0.345 e. The zero-order chi connectivity index (χ0) is 21.8. The second-order valence-corrected chi connectivity index (χ2v) is 8.37. The number of rotatable bonds is 7. The molecule has 2 aromatic carbocycles. The van der Waals surface area contributed by atoms with Crippen molar-refractivity contribution in [2.45, 2.75) is 18.7 Å². The van der Waals surface area contributed by atoms with Gasteiger partial charge < -0.3 is 10.2 Å². The lowest BCUT2D eigenvalue weighted by Gasteiger charge is -2.19. The highest BCUT2D eigenvalue weighted by atomic mass is 32.2. The number of hydrogen-bond acceptors (Lipinski definition) is 4. The summed E-state index contributed by atoms with van der Waals surface area (Å²) < 4.78 is 40.9. The van der Waals surface area contributed by atoms with E-state index in [1.54, 1.807) is 40.1 Å². The van der Waals surface area contributed by atoms with E-state index in [1.165, 1.54) is 21.3 Å². The van der Waals surface area contributed by atoms with Gasteiger partial charge in [-0.15, -0.1) is 0 Å². The van der Waals surface area contributed by atoms with E-state index in [9.17, 15) is 22.4 Å². The number of carbonyl (C=O) groups is 2. The molecular weight excluding hydrogens is 397 g/mol. The minimum Gasteiger partial charge on any atom is -0.345 e. The highest BCUT2D eigenvalue weighted by Crippen LogP contribution is 2.22. The lowest BCUT2D eigenvalue weighted by molar-refractivity contribution is 0.0828. The first kappa shape index (κ1) is 22.5. The van der Waals surface area contributed by atoms with Crippen LogP contribution in [0.2, 0.25) is 0 Å². The second-order valence-electron chi connectivity index (χ2n) is 6.43. The van der Waals surface area contributed by atoms with Gasteiger partial charge >= 0.3 is 0 Å². The lowest BCUT2D eigenvalue weighted by Crippen LogP contribution is -2.31. The van der Waals surface area contributed by atoms with E-state index in [0.29, 0.717) is 0 Å². The number of carbonyl (C=O) groups excluding carboxylic acids is 2. The molecule has 0 atom stereocenters. The number of para-hydroxylation sites is 1. The summed E-state index contributed by atoms with van der Waals surface area (Å²) in [6, 6.07) is 9.41. The summed E-state index contributed by atoms with van der Waals surface area (Å²) in [6.45, 7) is 3.88. The molecule has 0 aliphatic carbocycles. The first-order valence-electron chi connectivity index (χ1n) is 9.05. The topological polar surface area (TPSA) is 86.8 Å². The van der Waals surface area contributed by atoms with Crippen molar-refractivity contribution in [1.29, 1.82) is 0 Å². The summed E-state index contributed by atoms with van der Waals surface area (Å²) >= 11 is 0. The van der Waals surface area contributed by atoms with E-state index in [2.05, 4.69) is 5.32 Å². The summed E-state index contributed by atoms with van der Waals surface area (Å²) in [5.74, 6) is -2.05. The van der Waals surface area contributed by atoms with Crippen LogP contribution in [0.4, 0.5) is 10.1 Å². The van der Waals surface area contributed by atoms with E-state index in [0.717, 1.165) is 18.2 Å². The van der Waals surface area contributed by atoms with Gasteiger partial charge in [0.05, 0.1) is 21.7 Å². The van der Waals surface area contributed by atoms with Crippen molar-refractivity contribution in [3.8, 4) is 0 Å². The van der Waals surface area contributed by atoms with Gasteiger partial charge in [0.2, 0.25) is 10.0 Å². The van der Waals surface area contributed by atoms with Gasteiger partial charge in [-0.1, -0.05) is 26.0 Å². The van der Waals surface area contributed by atoms with Crippen LogP contribution < -0.4 is 5.32 Å². The molecule has 0 aliphatic rings. The zero-order valence-corrected chi connectivity index (χ0v) is 17.6. The average Bonchev–Trinajstić information content (AvgIpc) is 2.68. The van der Waals surface area contributed by atoms with E-state index < -0.39 is 27.3 Å². The van der Waals surface area contributed by atoms with Crippen LogP contribution in [0.3, 0.4) is 0 Å². The summed E-state index contributed by atoms with van der Waals surface area (Å²) in [6.07, 6.45) is 0. The van der Waals surface area contributed by atoms with Crippen molar-refractivity contribution in [3.63, 3.8) is 0 Å². The second kappa shape index (κ2) is 9.15. The van der Waals surface area contributed by atoms with Crippen LogP contribution in [0, 0.1) is 5.82 Å². The van der Waals surface area contributed by atoms with Crippen LogP contribution in [0.25, 0.3) is 0 Å².